The Hall–Kier alpha value is -2.64. The number of likely N-dealkylation sites (N-methyl/N-ethyl adjacent to an activating group) is 1. The molecule has 0 spiro atoms. The molecule has 0 aromatic carbocycles. The first-order chi connectivity index (χ1) is 13.4. The van der Waals surface area contributed by atoms with Gasteiger partial charge in [0.25, 0.3) is 5.91 Å². The second-order valence-electron chi connectivity index (χ2n) is 7.61. The molecule has 28 heavy (non-hydrogen) atoms. The number of rotatable bonds is 7. The molecule has 0 unspecified atom stereocenters. The molecular weight excluding hydrogens is 364 g/mol. The second-order valence-corrected chi connectivity index (χ2v) is 7.61. The fraction of sp³-hybridized carbons (Fsp3) is 0.600. The molecule has 2 atom stereocenters. The molecule has 2 bridgehead atoms. The van der Waals surface area contributed by atoms with Crippen molar-refractivity contribution in [3.8, 4) is 0 Å². The minimum atomic E-state index is -0.450. The molecule has 152 valence electrons. The van der Waals surface area contributed by atoms with Crippen LogP contribution in [0.3, 0.4) is 0 Å². The number of ketones is 1. The minimum Gasteiger partial charge on any atom is -0.467 e. The van der Waals surface area contributed by atoms with Crippen LogP contribution in [0.1, 0.15) is 37.9 Å². The molecule has 2 aliphatic rings. The van der Waals surface area contributed by atoms with Gasteiger partial charge in [0.15, 0.2) is 6.61 Å². The average molecular weight is 390 g/mol. The zero-order valence-corrected chi connectivity index (χ0v) is 16.0. The molecule has 0 aliphatic heterocycles. The van der Waals surface area contributed by atoms with E-state index in [2.05, 4.69) is 5.32 Å². The van der Waals surface area contributed by atoms with Crippen LogP contribution in [0.15, 0.2) is 22.8 Å². The van der Waals surface area contributed by atoms with Crippen molar-refractivity contribution >= 4 is 23.6 Å². The van der Waals surface area contributed by atoms with Gasteiger partial charge in [0, 0.05) is 18.9 Å². The molecule has 0 radical (unpaired) electrons. The number of Topliss-reactive ketones (excluding diaryl/α,β-unsaturated/α-hetero) is 1. The SMILES string of the molecule is CN(CC(=O)NCc1ccco1)C(=O)COC(=O)C1C[C@H]2CCC[C@H](C1)C2=O. The molecule has 2 saturated carbocycles. The van der Waals surface area contributed by atoms with Gasteiger partial charge in [-0.3, -0.25) is 19.2 Å². The van der Waals surface area contributed by atoms with Crippen LogP contribution in [0.2, 0.25) is 0 Å². The number of carbonyl (C=O) groups excluding carboxylic acids is 4. The molecule has 1 aromatic rings. The largest absolute Gasteiger partial charge is 0.467 e. The maximum absolute atomic E-state index is 12.3. The zero-order chi connectivity index (χ0) is 20.1. The Bertz CT molecular complexity index is 713. The van der Waals surface area contributed by atoms with Crippen molar-refractivity contribution in [1.82, 2.24) is 10.2 Å². The van der Waals surface area contributed by atoms with Crippen LogP contribution in [0, 0.1) is 17.8 Å². The molecule has 1 heterocycles. The summed E-state index contributed by atoms with van der Waals surface area (Å²) in [5.74, 6) is -0.705. The lowest BCUT2D eigenvalue weighted by Gasteiger charge is -2.36. The van der Waals surface area contributed by atoms with Gasteiger partial charge in [0.1, 0.15) is 11.5 Å². The van der Waals surface area contributed by atoms with E-state index in [0.717, 1.165) is 19.3 Å². The van der Waals surface area contributed by atoms with E-state index in [9.17, 15) is 19.2 Å². The summed E-state index contributed by atoms with van der Waals surface area (Å²) in [4.78, 5) is 49.7. The number of furan rings is 1. The summed E-state index contributed by atoms with van der Waals surface area (Å²) >= 11 is 0. The highest BCUT2D eigenvalue weighted by molar-refractivity contribution is 5.88. The number of hydrogen-bond acceptors (Lipinski definition) is 6. The Balaban J connectivity index is 1.38. The van der Waals surface area contributed by atoms with E-state index in [1.165, 1.54) is 18.2 Å². The number of amides is 2. The lowest BCUT2D eigenvalue weighted by atomic mass is 9.67. The molecule has 1 N–H and O–H groups in total. The highest BCUT2D eigenvalue weighted by Crippen LogP contribution is 2.40. The summed E-state index contributed by atoms with van der Waals surface area (Å²) in [6.45, 7) is -0.300. The lowest BCUT2D eigenvalue weighted by Crippen LogP contribution is -2.42. The first-order valence-corrected chi connectivity index (χ1v) is 9.67. The average Bonchev–Trinajstić information content (AvgIpc) is 3.17. The minimum absolute atomic E-state index is 0.0405. The smallest absolute Gasteiger partial charge is 0.309 e. The number of carbonyl (C=O) groups is 4. The van der Waals surface area contributed by atoms with Crippen molar-refractivity contribution in [2.45, 2.75) is 38.6 Å². The molecule has 8 nitrogen and oxygen atoms in total. The van der Waals surface area contributed by atoms with Gasteiger partial charge in [-0.2, -0.15) is 0 Å². The van der Waals surface area contributed by atoms with E-state index < -0.39 is 18.5 Å². The number of fused-ring (bicyclic) bond motifs is 2. The van der Waals surface area contributed by atoms with Gasteiger partial charge in [-0.25, -0.2) is 0 Å². The highest BCUT2D eigenvalue weighted by atomic mass is 16.5. The number of nitrogens with one attached hydrogen (secondary N) is 1. The van der Waals surface area contributed by atoms with Gasteiger partial charge < -0.3 is 19.4 Å². The molecule has 2 amide bonds. The lowest BCUT2D eigenvalue weighted by molar-refractivity contribution is -0.158. The fourth-order valence-corrected chi connectivity index (χ4v) is 3.99. The Morgan fingerprint density at radius 3 is 2.61 bits per heavy atom. The molecule has 2 fully saturated rings. The van der Waals surface area contributed by atoms with Crippen molar-refractivity contribution in [2.75, 3.05) is 20.2 Å². The topological polar surface area (TPSA) is 106 Å². The van der Waals surface area contributed by atoms with Crippen LogP contribution >= 0.6 is 0 Å². The third-order valence-corrected chi connectivity index (χ3v) is 5.57. The number of ether oxygens (including phenoxy) is 1. The fourth-order valence-electron chi connectivity index (χ4n) is 3.99. The third kappa shape index (κ3) is 4.99. The second kappa shape index (κ2) is 9.03. The van der Waals surface area contributed by atoms with Crippen LogP contribution in [0.4, 0.5) is 0 Å². The predicted molar refractivity (Wildman–Crippen MR) is 97.7 cm³/mol. The highest BCUT2D eigenvalue weighted by Gasteiger charge is 2.41. The van der Waals surface area contributed by atoms with Gasteiger partial charge >= 0.3 is 5.97 Å². The third-order valence-electron chi connectivity index (χ3n) is 5.57. The van der Waals surface area contributed by atoms with Crippen LogP contribution in [-0.4, -0.2) is 48.7 Å². The van der Waals surface area contributed by atoms with E-state index in [4.69, 9.17) is 9.15 Å². The first-order valence-electron chi connectivity index (χ1n) is 9.67. The van der Waals surface area contributed by atoms with Crippen molar-refractivity contribution in [2.24, 2.45) is 17.8 Å². The van der Waals surface area contributed by atoms with E-state index in [-0.39, 0.29) is 42.5 Å². The van der Waals surface area contributed by atoms with Crippen molar-refractivity contribution in [1.29, 1.82) is 0 Å². The van der Waals surface area contributed by atoms with Crippen LogP contribution in [-0.2, 0) is 30.5 Å². The summed E-state index contributed by atoms with van der Waals surface area (Å²) in [6.07, 6.45) is 5.28. The summed E-state index contributed by atoms with van der Waals surface area (Å²) in [7, 11) is 1.48. The number of nitrogens with zero attached hydrogens (tertiary/aromatic N) is 1. The van der Waals surface area contributed by atoms with Crippen LogP contribution in [0.25, 0.3) is 0 Å². The summed E-state index contributed by atoms with van der Waals surface area (Å²) in [5, 5.41) is 2.65. The molecule has 3 rings (SSSR count). The number of esters is 1. The quantitative estimate of drug-likeness (QED) is 0.704. The normalized spacial score (nSPS) is 23.8. The maximum atomic E-state index is 12.3. The Morgan fingerprint density at radius 1 is 1.25 bits per heavy atom. The molecular formula is C20H26N2O6. The summed E-state index contributed by atoms with van der Waals surface area (Å²) < 4.78 is 10.3. The molecule has 0 saturated heterocycles. The van der Waals surface area contributed by atoms with Gasteiger partial charge in [0.2, 0.25) is 5.91 Å². The predicted octanol–water partition coefficient (Wildman–Crippen LogP) is 1.29. The van der Waals surface area contributed by atoms with Crippen LogP contribution < -0.4 is 5.32 Å². The van der Waals surface area contributed by atoms with Gasteiger partial charge in [-0.1, -0.05) is 6.42 Å². The van der Waals surface area contributed by atoms with Crippen molar-refractivity contribution in [3.05, 3.63) is 24.2 Å². The first kappa shape index (κ1) is 20.1. The van der Waals surface area contributed by atoms with Crippen molar-refractivity contribution < 1.29 is 28.3 Å². The van der Waals surface area contributed by atoms with E-state index >= 15 is 0 Å². The molecule has 2 aliphatic carbocycles. The van der Waals surface area contributed by atoms with E-state index in [1.807, 2.05) is 0 Å². The van der Waals surface area contributed by atoms with Gasteiger partial charge in [-0.05, 0) is 37.8 Å². The monoisotopic (exact) mass is 390 g/mol. The van der Waals surface area contributed by atoms with Crippen molar-refractivity contribution in [3.63, 3.8) is 0 Å². The van der Waals surface area contributed by atoms with E-state index in [1.54, 1.807) is 12.1 Å². The van der Waals surface area contributed by atoms with Gasteiger partial charge in [-0.15, -0.1) is 0 Å². The summed E-state index contributed by atoms with van der Waals surface area (Å²) in [5.41, 5.74) is 0. The molecule has 1 aromatic heterocycles. The zero-order valence-electron chi connectivity index (χ0n) is 16.0. The molecule has 8 heteroatoms. The summed E-state index contributed by atoms with van der Waals surface area (Å²) in [6, 6.07) is 3.46. The Morgan fingerprint density at radius 2 is 1.96 bits per heavy atom. The van der Waals surface area contributed by atoms with E-state index in [0.29, 0.717) is 18.6 Å². The van der Waals surface area contributed by atoms with Crippen LogP contribution in [0.5, 0.6) is 0 Å². The Kier molecular flexibility index (Phi) is 6.49. The van der Waals surface area contributed by atoms with Gasteiger partial charge in [0.05, 0.1) is 25.3 Å². The standard InChI is InChI=1S/C20H26N2O6/c1-22(11-17(23)21-10-16-6-3-7-27-16)18(24)12-28-20(26)15-8-13-4-2-5-14(9-15)19(13)25/h3,6-7,13-15H,2,4-5,8-12H2,1H3,(H,21,23)/t13-,14-/m1/s1. The maximum Gasteiger partial charge on any atom is 0.309 e. The Labute approximate surface area is 163 Å². The number of hydrogen-bond donors (Lipinski definition) is 1.